The Balaban J connectivity index is 1.80. The average molecular weight is 368 g/mol. The van der Waals surface area contributed by atoms with Crippen LogP contribution in [0.1, 0.15) is 30.6 Å². The van der Waals surface area contributed by atoms with Gasteiger partial charge in [0.1, 0.15) is 18.6 Å². The number of benzene rings is 1. The van der Waals surface area contributed by atoms with Gasteiger partial charge in [0.25, 0.3) is 0 Å². The average Bonchev–Trinajstić information content (AvgIpc) is 2.68. The minimum atomic E-state index is 0.459. The molecule has 0 aliphatic carbocycles. The Hall–Kier alpha value is -1.47. The van der Waals surface area contributed by atoms with Crippen molar-refractivity contribution >= 4 is 6.29 Å². The zero-order valence-electron chi connectivity index (χ0n) is 16.0. The quantitative estimate of drug-likeness (QED) is 0.311. The molecule has 0 saturated carbocycles. The molecule has 0 aromatic heterocycles. The first-order chi connectivity index (χ1) is 12.8. The van der Waals surface area contributed by atoms with Crippen LogP contribution in [0.25, 0.3) is 0 Å². The molecule has 148 valence electrons. The minimum absolute atomic E-state index is 0.459. The van der Waals surface area contributed by atoms with Crippen LogP contribution in [0.15, 0.2) is 24.3 Å². The van der Waals surface area contributed by atoms with Crippen molar-refractivity contribution in [1.29, 1.82) is 0 Å². The van der Waals surface area contributed by atoms with Gasteiger partial charge >= 0.3 is 0 Å². The van der Waals surface area contributed by atoms with Crippen molar-refractivity contribution in [2.75, 3.05) is 59.5 Å². The van der Waals surface area contributed by atoms with Gasteiger partial charge in [-0.2, -0.15) is 0 Å². The fourth-order valence-corrected chi connectivity index (χ4v) is 1.92. The number of rotatable bonds is 17. The summed E-state index contributed by atoms with van der Waals surface area (Å²) in [7, 11) is 0. The molecule has 1 aromatic rings. The van der Waals surface area contributed by atoms with Gasteiger partial charge in [0.05, 0.1) is 46.2 Å². The molecule has 1 aromatic carbocycles. The summed E-state index contributed by atoms with van der Waals surface area (Å²) >= 11 is 0. The highest BCUT2D eigenvalue weighted by atomic mass is 16.6. The van der Waals surface area contributed by atoms with Crippen LogP contribution >= 0.6 is 0 Å². The SMILES string of the molecule is CCC(C)COCCOCCOCCOCCOc1ccc(C=O)cc1. The Bertz CT molecular complexity index is 448. The second-order valence-electron chi connectivity index (χ2n) is 5.96. The maximum absolute atomic E-state index is 10.5. The molecule has 0 aliphatic rings. The van der Waals surface area contributed by atoms with E-state index in [4.69, 9.17) is 23.7 Å². The van der Waals surface area contributed by atoms with Crippen LogP contribution < -0.4 is 4.74 Å². The second kappa shape index (κ2) is 15.8. The van der Waals surface area contributed by atoms with E-state index in [1.54, 1.807) is 24.3 Å². The zero-order valence-corrected chi connectivity index (χ0v) is 16.0. The number of ether oxygens (including phenoxy) is 5. The Morgan fingerprint density at radius 3 is 1.81 bits per heavy atom. The fourth-order valence-electron chi connectivity index (χ4n) is 1.92. The molecule has 26 heavy (non-hydrogen) atoms. The first-order valence-corrected chi connectivity index (χ1v) is 9.25. The smallest absolute Gasteiger partial charge is 0.150 e. The summed E-state index contributed by atoms with van der Waals surface area (Å²) in [5, 5.41) is 0. The summed E-state index contributed by atoms with van der Waals surface area (Å²) in [6.07, 6.45) is 1.94. The number of hydrogen-bond acceptors (Lipinski definition) is 6. The third-order valence-corrected chi connectivity index (χ3v) is 3.73. The zero-order chi connectivity index (χ0) is 18.9. The van der Waals surface area contributed by atoms with Crippen molar-refractivity contribution in [1.82, 2.24) is 0 Å². The molecule has 0 saturated heterocycles. The molecule has 0 fully saturated rings. The highest BCUT2D eigenvalue weighted by Gasteiger charge is 1.98. The van der Waals surface area contributed by atoms with Crippen molar-refractivity contribution < 1.29 is 28.5 Å². The van der Waals surface area contributed by atoms with Gasteiger partial charge in [0.2, 0.25) is 0 Å². The normalized spacial score (nSPS) is 12.1. The Morgan fingerprint density at radius 2 is 1.31 bits per heavy atom. The van der Waals surface area contributed by atoms with Gasteiger partial charge in [-0.05, 0) is 30.2 Å². The molecule has 0 bridgehead atoms. The fraction of sp³-hybridized carbons (Fsp3) is 0.650. The maximum Gasteiger partial charge on any atom is 0.150 e. The van der Waals surface area contributed by atoms with Gasteiger partial charge in [-0.3, -0.25) is 4.79 Å². The summed E-state index contributed by atoms with van der Waals surface area (Å²) in [4.78, 5) is 10.5. The van der Waals surface area contributed by atoms with Gasteiger partial charge in [0.15, 0.2) is 0 Å². The summed E-state index contributed by atoms with van der Waals surface area (Å²) in [6, 6.07) is 6.97. The highest BCUT2D eigenvalue weighted by Crippen LogP contribution is 2.10. The Morgan fingerprint density at radius 1 is 0.808 bits per heavy atom. The van der Waals surface area contributed by atoms with Crippen LogP contribution in [0, 0.1) is 5.92 Å². The molecule has 1 unspecified atom stereocenters. The summed E-state index contributed by atoms with van der Waals surface area (Å²) in [5.41, 5.74) is 0.633. The monoisotopic (exact) mass is 368 g/mol. The number of aldehydes is 1. The van der Waals surface area contributed by atoms with E-state index in [0.717, 1.165) is 25.1 Å². The molecule has 0 radical (unpaired) electrons. The second-order valence-corrected chi connectivity index (χ2v) is 5.96. The topological polar surface area (TPSA) is 63.2 Å². The third-order valence-electron chi connectivity index (χ3n) is 3.73. The van der Waals surface area contributed by atoms with E-state index < -0.39 is 0 Å². The molecular weight excluding hydrogens is 336 g/mol. The van der Waals surface area contributed by atoms with E-state index in [1.807, 2.05) is 0 Å². The van der Waals surface area contributed by atoms with Crippen LogP contribution in [-0.4, -0.2) is 65.7 Å². The first kappa shape index (κ1) is 22.6. The summed E-state index contributed by atoms with van der Waals surface area (Å²) < 4.78 is 27.3. The lowest BCUT2D eigenvalue weighted by molar-refractivity contribution is -0.00768. The van der Waals surface area contributed by atoms with Crippen molar-refractivity contribution in [3.8, 4) is 5.75 Å². The summed E-state index contributed by atoms with van der Waals surface area (Å²) in [6.45, 7) is 9.47. The lowest BCUT2D eigenvalue weighted by Gasteiger charge is -2.10. The van der Waals surface area contributed by atoms with E-state index in [9.17, 15) is 4.79 Å². The molecule has 1 rings (SSSR count). The molecule has 1 atom stereocenters. The van der Waals surface area contributed by atoms with E-state index in [2.05, 4.69) is 13.8 Å². The number of hydrogen-bond donors (Lipinski definition) is 0. The predicted molar refractivity (Wildman–Crippen MR) is 100 cm³/mol. The number of carbonyl (C=O) groups is 1. The molecule has 6 heteroatoms. The van der Waals surface area contributed by atoms with Crippen molar-refractivity contribution in [2.45, 2.75) is 20.3 Å². The van der Waals surface area contributed by atoms with E-state index in [1.165, 1.54) is 0 Å². The van der Waals surface area contributed by atoms with Gasteiger partial charge in [-0.1, -0.05) is 20.3 Å². The van der Waals surface area contributed by atoms with Crippen LogP contribution in [0.5, 0.6) is 5.75 Å². The Kier molecular flexibility index (Phi) is 13.7. The van der Waals surface area contributed by atoms with E-state index >= 15 is 0 Å². The van der Waals surface area contributed by atoms with Crippen LogP contribution in [0.3, 0.4) is 0 Å². The molecule has 6 nitrogen and oxygen atoms in total. The highest BCUT2D eigenvalue weighted by molar-refractivity contribution is 5.74. The lowest BCUT2D eigenvalue weighted by atomic mass is 10.1. The number of carbonyl (C=O) groups excluding carboxylic acids is 1. The van der Waals surface area contributed by atoms with Gasteiger partial charge in [-0.15, -0.1) is 0 Å². The molecule has 0 N–H and O–H groups in total. The largest absolute Gasteiger partial charge is 0.491 e. The maximum atomic E-state index is 10.5. The lowest BCUT2D eigenvalue weighted by Crippen LogP contribution is -2.14. The third kappa shape index (κ3) is 12.0. The van der Waals surface area contributed by atoms with E-state index in [-0.39, 0.29) is 0 Å². The van der Waals surface area contributed by atoms with Crippen LogP contribution in [0.4, 0.5) is 0 Å². The van der Waals surface area contributed by atoms with Crippen molar-refractivity contribution in [2.24, 2.45) is 5.92 Å². The molecular formula is C20H32O6. The van der Waals surface area contributed by atoms with E-state index in [0.29, 0.717) is 64.3 Å². The van der Waals surface area contributed by atoms with Gasteiger partial charge in [0, 0.05) is 12.2 Å². The summed E-state index contributed by atoms with van der Waals surface area (Å²) in [5.74, 6) is 1.33. The molecule has 0 heterocycles. The van der Waals surface area contributed by atoms with Crippen molar-refractivity contribution in [3.63, 3.8) is 0 Å². The van der Waals surface area contributed by atoms with Crippen LogP contribution in [-0.2, 0) is 18.9 Å². The Labute approximate surface area is 156 Å². The van der Waals surface area contributed by atoms with Crippen molar-refractivity contribution in [3.05, 3.63) is 29.8 Å². The first-order valence-electron chi connectivity index (χ1n) is 9.25. The molecule has 0 aliphatic heterocycles. The van der Waals surface area contributed by atoms with Crippen LogP contribution in [0.2, 0.25) is 0 Å². The standard InChI is InChI=1S/C20H32O6/c1-3-18(2)17-25-13-12-23-9-8-22-10-11-24-14-15-26-20-6-4-19(16-21)5-7-20/h4-7,16,18H,3,8-15,17H2,1-2H3. The van der Waals surface area contributed by atoms with Gasteiger partial charge < -0.3 is 23.7 Å². The minimum Gasteiger partial charge on any atom is -0.491 e. The van der Waals surface area contributed by atoms with Gasteiger partial charge in [-0.25, -0.2) is 0 Å². The molecule has 0 amide bonds. The predicted octanol–water partition coefficient (Wildman–Crippen LogP) is 2.99. The molecule has 0 spiro atoms.